The molecule has 0 fully saturated rings. The van der Waals surface area contributed by atoms with Gasteiger partial charge >= 0.3 is 0 Å². The van der Waals surface area contributed by atoms with Crippen LogP contribution in [0.2, 0.25) is 10.0 Å². The Bertz CT molecular complexity index is 1500. The average Bonchev–Trinajstić information content (AvgIpc) is 2.89. The van der Waals surface area contributed by atoms with E-state index in [4.69, 9.17) is 47.3 Å². The molecule has 0 aliphatic carbocycles. The first-order valence-electron chi connectivity index (χ1n) is 11.3. The Kier molecular flexibility index (Phi) is 7.95. The van der Waals surface area contributed by atoms with Gasteiger partial charge in [-0.15, -0.1) is 0 Å². The van der Waals surface area contributed by atoms with Crippen LogP contribution >= 0.6 is 23.2 Å². The molecule has 4 rings (SSSR count). The van der Waals surface area contributed by atoms with Gasteiger partial charge in [0.2, 0.25) is 11.4 Å². The fraction of sp³-hybridized carbons (Fsp3) is 0.214. The van der Waals surface area contributed by atoms with E-state index in [2.05, 4.69) is 0 Å². The Morgan fingerprint density at radius 2 is 1.49 bits per heavy atom. The van der Waals surface area contributed by atoms with E-state index in [0.717, 1.165) is 27.7 Å². The lowest BCUT2D eigenvalue weighted by Gasteiger charge is -2.12. The van der Waals surface area contributed by atoms with Crippen molar-refractivity contribution in [2.45, 2.75) is 13.3 Å². The Morgan fingerprint density at radius 3 is 2.16 bits per heavy atom. The number of aryl methyl sites for hydroxylation is 1. The fourth-order valence-corrected chi connectivity index (χ4v) is 4.71. The Labute approximate surface area is 225 Å². The maximum absolute atomic E-state index is 10.4. The lowest BCUT2D eigenvalue weighted by molar-refractivity contribution is -0.689. The molecule has 7 nitrogen and oxygen atoms in total. The number of hydrogen-bond acceptors (Lipinski definition) is 6. The number of phenolic OH excluding ortho intramolecular Hbond substituents is 1. The number of pyridine rings is 1. The molecule has 4 aromatic rings. The first kappa shape index (κ1) is 26.4. The summed E-state index contributed by atoms with van der Waals surface area (Å²) in [5.74, 6) is 2.41. The maximum atomic E-state index is 10.4. The molecule has 0 saturated heterocycles. The summed E-state index contributed by atoms with van der Waals surface area (Å²) in [6, 6.07) is 14.8. The summed E-state index contributed by atoms with van der Waals surface area (Å²) < 4.78 is 23.8. The zero-order valence-electron chi connectivity index (χ0n) is 21.1. The van der Waals surface area contributed by atoms with Crippen LogP contribution in [0.25, 0.3) is 10.8 Å². The van der Waals surface area contributed by atoms with Gasteiger partial charge in [0.25, 0.3) is 0 Å². The minimum absolute atomic E-state index is 0.0956. The van der Waals surface area contributed by atoms with Crippen LogP contribution in [0.15, 0.2) is 53.6 Å². The van der Waals surface area contributed by atoms with Crippen molar-refractivity contribution in [1.82, 2.24) is 0 Å². The molecule has 0 aliphatic heterocycles. The number of phenols is 1. The number of ether oxygens (including phenoxy) is 4. The van der Waals surface area contributed by atoms with Gasteiger partial charge in [-0.05, 0) is 52.4 Å². The van der Waals surface area contributed by atoms with Gasteiger partial charge in [0.1, 0.15) is 12.0 Å². The summed E-state index contributed by atoms with van der Waals surface area (Å²) in [5.41, 5.74) is 3.12. The standard InChI is InChI=1S/C28H26Cl2N2O5/c1-16-8-18-12-26(36-4)27(37-5)14-21(18)23(9-17-6-7-24(34-2)25(10-17)35-3)32(16)31-15-19-11-20(29)13-22(30)28(19)33/h6-8,10-15H,9H2,1-5H3/p+1. The van der Waals surface area contributed by atoms with Crippen LogP contribution in [-0.4, -0.2) is 39.8 Å². The van der Waals surface area contributed by atoms with Gasteiger partial charge in [-0.2, -0.15) is 0 Å². The van der Waals surface area contributed by atoms with E-state index in [1.54, 1.807) is 34.5 Å². The normalized spacial score (nSPS) is 11.2. The number of benzene rings is 3. The van der Waals surface area contributed by atoms with Crippen LogP contribution in [0.3, 0.4) is 0 Å². The van der Waals surface area contributed by atoms with Crippen LogP contribution in [-0.2, 0) is 6.42 Å². The van der Waals surface area contributed by atoms with Gasteiger partial charge in [0.05, 0.1) is 45.3 Å². The van der Waals surface area contributed by atoms with E-state index in [-0.39, 0.29) is 10.8 Å². The molecule has 0 atom stereocenters. The third kappa shape index (κ3) is 5.38. The van der Waals surface area contributed by atoms with Crippen molar-refractivity contribution in [2.75, 3.05) is 28.4 Å². The quantitative estimate of drug-likeness (QED) is 0.220. The summed E-state index contributed by atoms with van der Waals surface area (Å²) >= 11 is 12.3. The lowest BCUT2D eigenvalue weighted by Crippen LogP contribution is -2.37. The van der Waals surface area contributed by atoms with Crippen LogP contribution in [0, 0.1) is 6.92 Å². The summed E-state index contributed by atoms with van der Waals surface area (Å²) in [6.07, 6.45) is 2.04. The zero-order valence-corrected chi connectivity index (χ0v) is 22.6. The highest BCUT2D eigenvalue weighted by molar-refractivity contribution is 6.36. The Hall–Kier alpha value is -3.68. The second kappa shape index (κ2) is 11.2. The SMILES string of the molecule is COc1ccc(Cc2c3cc(OC)c(OC)cc3cc(C)[n+]2N=Cc2cc(Cl)cc(Cl)c2O)cc1OC. The average molecular weight is 542 g/mol. The van der Waals surface area contributed by atoms with E-state index in [1.807, 2.05) is 48.0 Å². The van der Waals surface area contributed by atoms with Crippen molar-refractivity contribution in [3.8, 4) is 28.7 Å². The highest BCUT2D eigenvalue weighted by Crippen LogP contribution is 2.35. The minimum Gasteiger partial charge on any atom is -0.506 e. The van der Waals surface area contributed by atoms with E-state index in [9.17, 15) is 5.11 Å². The third-order valence-corrected chi connectivity index (χ3v) is 6.52. The van der Waals surface area contributed by atoms with Gasteiger partial charge in [-0.3, -0.25) is 0 Å². The second-order valence-electron chi connectivity index (χ2n) is 8.27. The molecule has 0 saturated carbocycles. The molecule has 9 heteroatoms. The number of halogens is 2. The van der Waals surface area contributed by atoms with Crippen LogP contribution < -0.4 is 23.6 Å². The van der Waals surface area contributed by atoms with Gasteiger partial charge in [0, 0.05) is 23.6 Å². The van der Waals surface area contributed by atoms with E-state index in [1.165, 1.54) is 12.3 Å². The molecule has 0 aliphatic rings. The first-order valence-corrected chi connectivity index (χ1v) is 12.1. The Morgan fingerprint density at radius 1 is 0.838 bits per heavy atom. The predicted molar refractivity (Wildman–Crippen MR) is 145 cm³/mol. The molecule has 0 radical (unpaired) electrons. The number of methoxy groups -OCH3 is 4. The molecule has 0 bridgehead atoms. The molecular formula is C28H27Cl2N2O5+. The summed E-state index contributed by atoms with van der Waals surface area (Å²) in [4.78, 5) is 0. The first-order chi connectivity index (χ1) is 17.8. The van der Waals surface area contributed by atoms with Crippen molar-refractivity contribution < 1.29 is 28.7 Å². The molecule has 0 spiro atoms. The van der Waals surface area contributed by atoms with E-state index in [0.29, 0.717) is 40.0 Å². The number of hydrogen-bond donors (Lipinski definition) is 1. The molecule has 0 unspecified atom stereocenters. The van der Waals surface area contributed by atoms with Crippen molar-refractivity contribution in [3.05, 3.63) is 81.1 Å². The van der Waals surface area contributed by atoms with Gasteiger partial charge < -0.3 is 24.1 Å². The molecule has 37 heavy (non-hydrogen) atoms. The monoisotopic (exact) mass is 541 g/mol. The number of aromatic nitrogens is 1. The number of rotatable bonds is 8. The van der Waals surface area contributed by atoms with Crippen molar-refractivity contribution in [2.24, 2.45) is 5.10 Å². The molecule has 3 aromatic carbocycles. The summed E-state index contributed by atoms with van der Waals surface area (Å²) in [6.45, 7) is 1.95. The largest absolute Gasteiger partial charge is 0.506 e. The molecule has 1 N–H and O–H groups in total. The van der Waals surface area contributed by atoms with Crippen LogP contribution in [0.4, 0.5) is 0 Å². The zero-order chi connectivity index (χ0) is 26.7. The molecule has 1 aromatic heterocycles. The molecule has 1 heterocycles. The van der Waals surface area contributed by atoms with Crippen LogP contribution in [0.5, 0.6) is 28.7 Å². The van der Waals surface area contributed by atoms with Crippen LogP contribution in [0.1, 0.15) is 22.5 Å². The minimum atomic E-state index is -0.0956. The maximum Gasteiger partial charge on any atom is 0.227 e. The Balaban J connectivity index is 1.94. The number of fused-ring (bicyclic) bond motifs is 1. The fourth-order valence-electron chi connectivity index (χ4n) is 4.20. The third-order valence-electron chi connectivity index (χ3n) is 6.01. The predicted octanol–water partition coefficient (Wildman–Crippen LogP) is 5.96. The molecular weight excluding hydrogens is 515 g/mol. The van der Waals surface area contributed by atoms with Gasteiger partial charge in [0.15, 0.2) is 23.0 Å². The van der Waals surface area contributed by atoms with Crippen molar-refractivity contribution in [1.29, 1.82) is 0 Å². The number of aromatic hydroxyl groups is 1. The van der Waals surface area contributed by atoms with Crippen molar-refractivity contribution in [3.63, 3.8) is 0 Å². The van der Waals surface area contributed by atoms with Crippen molar-refractivity contribution >= 4 is 40.2 Å². The van der Waals surface area contributed by atoms with E-state index >= 15 is 0 Å². The topological polar surface area (TPSA) is 73.4 Å². The highest BCUT2D eigenvalue weighted by Gasteiger charge is 2.23. The molecule has 192 valence electrons. The van der Waals surface area contributed by atoms with E-state index < -0.39 is 0 Å². The summed E-state index contributed by atoms with van der Waals surface area (Å²) in [7, 11) is 6.42. The van der Waals surface area contributed by atoms with Gasteiger partial charge in [-0.25, -0.2) is 0 Å². The lowest BCUT2D eigenvalue weighted by atomic mass is 10.0. The number of nitrogens with zero attached hydrogens (tertiary/aromatic N) is 2. The smallest absolute Gasteiger partial charge is 0.227 e. The van der Waals surface area contributed by atoms with Gasteiger partial charge in [-0.1, -0.05) is 33.9 Å². The molecule has 0 amide bonds. The summed E-state index contributed by atoms with van der Waals surface area (Å²) in [5, 5.41) is 17.6. The second-order valence-corrected chi connectivity index (χ2v) is 9.12. The highest BCUT2D eigenvalue weighted by atomic mass is 35.5.